The van der Waals surface area contributed by atoms with Crippen LogP contribution in [0.15, 0.2) is 108 Å². The zero-order valence-corrected chi connectivity index (χ0v) is 26.0. The summed E-state index contributed by atoms with van der Waals surface area (Å²) in [4.78, 5) is 29.1. The van der Waals surface area contributed by atoms with Crippen molar-refractivity contribution in [2.24, 2.45) is 17.8 Å². The summed E-state index contributed by atoms with van der Waals surface area (Å²) in [6, 6.07) is 28.7. The molecule has 0 aromatic heterocycles. The minimum absolute atomic E-state index is 0.172. The monoisotopic (exact) mass is 612 g/mol. The van der Waals surface area contributed by atoms with Crippen molar-refractivity contribution in [1.29, 1.82) is 0 Å². The second-order valence-corrected chi connectivity index (χ2v) is 12.8. The van der Waals surface area contributed by atoms with Crippen LogP contribution in [0.4, 0.5) is 17.1 Å². The van der Waals surface area contributed by atoms with Crippen LogP contribution >= 0.6 is 0 Å². The Morgan fingerprint density at radius 1 is 0.913 bits per heavy atom. The highest BCUT2D eigenvalue weighted by Crippen LogP contribution is 2.51. The summed E-state index contributed by atoms with van der Waals surface area (Å²) < 4.78 is 6.12. The number of hydrogen-bond donors (Lipinski definition) is 3. The maximum Gasteiger partial charge on any atom is 0.455 e. The third-order valence-electron chi connectivity index (χ3n) is 9.78. The van der Waals surface area contributed by atoms with E-state index in [1.54, 1.807) is 6.07 Å². The molecule has 2 fully saturated rings. The van der Waals surface area contributed by atoms with Gasteiger partial charge < -0.3 is 20.1 Å². The van der Waals surface area contributed by atoms with Crippen LogP contribution in [-0.2, 0) is 14.2 Å². The van der Waals surface area contributed by atoms with Crippen molar-refractivity contribution in [2.75, 3.05) is 10.2 Å². The molecule has 4 aromatic rings. The molecule has 7 rings (SSSR count). The lowest BCUT2D eigenvalue weighted by molar-refractivity contribution is -0.122. The molecular weight excluding hydrogens is 575 g/mol. The standard InChI is InChI=1S/C38H37BN2O5/c1-23(20-25-13-18-33(42)30-11-7-6-10-29(25)30)12-19-34-35-24(2)21-31-36(32(35)22-39(45)46-34)38(44)41(37(31)43)28-16-14-27(15-17-28)40-26-8-4-3-5-9-26/h3-11,13-18,20,31-32,34,36,40,42,45H,12,19,21-22H2,1-2H3/b23-20+/t31-,32+,34-,36-/m1/s1. The maximum absolute atomic E-state index is 14.0. The number of imide groups is 1. The highest BCUT2D eigenvalue weighted by molar-refractivity contribution is 6.43. The Bertz CT molecular complexity index is 1870. The molecule has 7 nitrogen and oxygen atoms in total. The molecule has 4 aromatic carbocycles. The van der Waals surface area contributed by atoms with E-state index in [1.807, 2.05) is 91.9 Å². The quantitative estimate of drug-likeness (QED) is 0.114. The van der Waals surface area contributed by atoms with Crippen LogP contribution in [0, 0.1) is 17.8 Å². The number of phenolic OH excluding ortho intramolecular Hbond substituents is 1. The largest absolute Gasteiger partial charge is 0.507 e. The normalized spacial score (nSPS) is 23.2. The van der Waals surface area contributed by atoms with Gasteiger partial charge in [0.15, 0.2) is 0 Å². The third kappa shape index (κ3) is 5.52. The zero-order valence-electron chi connectivity index (χ0n) is 26.0. The fraction of sp³-hybridized carbons (Fsp3) is 0.263. The van der Waals surface area contributed by atoms with E-state index in [4.69, 9.17) is 4.65 Å². The molecule has 2 saturated heterocycles. The second-order valence-electron chi connectivity index (χ2n) is 12.8. The van der Waals surface area contributed by atoms with E-state index in [2.05, 4.69) is 18.3 Å². The summed E-state index contributed by atoms with van der Waals surface area (Å²) in [5, 5.41) is 26.3. The summed E-state index contributed by atoms with van der Waals surface area (Å²) in [6.45, 7) is 4.12. The molecule has 0 unspecified atom stereocenters. The van der Waals surface area contributed by atoms with Gasteiger partial charge in [0.25, 0.3) is 0 Å². The van der Waals surface area contributed by atoms with Crippen molar-refractivity contribution in [3.8, 4) is 5.75 Å². The molecular formula is C38H37BN2O5. The van der Waals surface area contributed by atoms with E-state index >= 15 is 0 Å². The number of aromatic hydroxyl groups is 1. The first-order valence-corrected chi connectivity index (χ1v) is 16.0. The molecule has 0 bridgehead atoms. The lowest BCUT2D eigenvalue weighted by Crippen LogP contribution is -2.46. The van der Waals surface area contributed by atoms with E-state index < -0.39 is 19.0 Å². The molecule has 1 aliphatic carbocycles. The van der Waals surface area contributed by atoms with Crippen LogP contribution in [0.2, 0.25) is 6.32 Å². The van der Waals surface area contributed by atoms with Crippen LogP contribution in [0.5, 0.6) is 5.75 Å². The molecule has 4 atom stereocenters. The number of carbonyl (C=O) groups is 2. The molecule has 232 valence electrons. The lowest BCUT2D eigenvalue weighted by atomic mass is 9.59. The van der Waals surface area contributed by atoms with Crippen LogP contribution in [-0.4, -0.2) is 35.2 Å². The van der Waals surface area contributed by atoms with Crippen molar-refractivity contribution < 1.29 is 24.4 Å². The van der Waals surface area contributed by atoms with Crippen molar-refractivity contribution >= 4 is 52.8 Å². The molecule has 2 aliphatic heterocycles. The zero-order chi connectivity index (χ0) is 31.9. The minimum Gasteiger partial charge on any atom is -0.507 e. The average molecular weight is 613 g/mol. The SMILES string of the molecule is CC1=C2[C@@H](CC/C(C)=C/c3ccc(O)c4ccccc34)OB(O)C[C@@H]2[C@@H]2C(=O)N(c3ccc(Nc4ccccc4)cc3)C(=O)[C@@H]2C1. The fourth-order valence-electron chi connectivity index (χ4n) is 7.69. The van der Waals surface area contributed by atoms with Gasteiger partial charge in [-0.3, -0.25) is 14.5 Å². The van der Waals surface area contributed by atoms with E-state index in [1.165, 1.54) is 4.90 Å². The fourth-order valence-corrected chi connectivity index (χ4v) is 7.69. The number of benzene rings is 4. The Morgan fingerprint density at radius 3 is 2.37 bits per heavy atom. The molecule has 2 amide bonds. The van der Waals surface area contributed by atoms with Gasteiger partial charge >= 0.3 is 7.12 Å². The van der Waals surface area contributed by atoms with Crippen molar-refractivity contribution in [3.05, 3.63) is 113 Å². The first-order chi connectivity index (χ1) is 22.3. The molecule has 46 heavy (non-hydrogen) atoms. The number of carbonyl (C=O) groups excluding carboxylic acids is 2. The minimum atomic E-state index is -1.00. The summed E-state index contributed by atoms with van der Waals surface area (Å²) >= 11 is 0. The number of fused-ring (bicyclic) bond motifs is 4. The molecule has 0 saturated carbocycles. The van der Waals surface area contributed by atoms with Gasteiger partial charge in [0.1, 0.15) is 5.75 Å². The Labute approximate surface area is 269 Å². The van der Waals surface area contributed by atoms with Gasteiger partial charge in [-0.1, -0.05) is 65.8 Å². The van der Waals surface area contributed by atoms with E-state index in [0.29, 0.717) is 24.8 Å². The van der Waals surface area contributed by atoms with Crippen LogP contribution < -0.4 is 10.2 Å². The molecule has 2 heterocycles. The summed E-state index contributed by atoms with van der Waals surface area (Å²) in [7, 11) is -1.00. The smallest absolute Gasteiger partial charge is 0.455 e. The number of allylic oxidation sites excluding steroid dienone is 2. The number of rotatable bonds is 7. The van der Waals surface area contributed by atoms with Crippen LogP contribution in [0.3, 0.4) is 0 Å². The number of phenols is 1. The van der Waals surface area contributed by atoms with E-state index in [9.17, 15) is 19.7 Å². The highest BCUT2D eigenvalue weighted by atomic mass is 16.5. The van der Waals surface area contributed by atoms with Gasteiger partial charge in [-0.15, -0.1) is 0 Å². The van der Waals surface area contributed by atoms with Gasteiger partial charge in [0.2, 0.25) is 11.8 Å². The summed E-state index contributed by atoms with van der Waals surface area (Å²) in [5.74, 6) is -1.33. The lowest BCUT2D eigenvalue weighted by Gasteiger charge is -2.42. The second kappa shape index (κ2) is 12.3. The number of nitrogens with one attached hydrogen (secondary N) is 1. The topological polar surface area (TPSA) is 99.1 Å². The Balaban J connectivity index is 1.09. The highest BCUT2D eigenvalue weighted by Gasteiger charge is 2.57. The van der Waals surface area contributed by atoms with Gasteiger partial charge in [0.05, 0.1) is 23.6 Å². The Kier molecular flexibility index (Phi) is 8.01. The van der Waals surface area contributed by atoms with E-state index in [-0.39, 0.29) is 29.6 Å². The number of amides is 2. The molecule has 8 heteroatoms. The van der Waals surface area contributed by atoms with Crippen LogP contribution in [0.25, 0.3) is 16.8 Å². The predicted molar refractivity (Wildman–Crippen MR) is 183 cm³/mol. The molecule has 0 radical (unpaired) electrons. The molecule has 3 aliphatic rings. The van der Waals surface area contributed by atoms with Gasteiger partial charge in [-0.25, -0.2) is 0 Å². The van der Waals surface area contributed by atoms with Gasteiger partial charge in [-0.05, 0) is 104 Å². The van der Waals surface area contributed by atoms with Crippen LogP contribution in [0.1, 0.15) is 38.7 Å². The number of para-hydroxylation sites is 1. The number of hydrogen-bond acceptors (Lipinski definition) is 6. The van der Waals surface area contributed by atoms with Crippen molar-refractivity contribution in [1.82, 2.24) is 0 Å². The van der Waals surface area contributed by atoms with Crippen molar-refractivity contribution in [2.45, 2.75) is 45.5 Å². The number of anilines is 3. The predicted octanol–water partition coefficient (Wildman–Crippen LogP) is 7.49. The summed E-state index contributed by atoms with van der Waals surface area (Å²) in [6.07, 6.45) is 3.98. The summed E-state index contributed by atoms with van der Waals surface area (Å²) in [5.41, 5.74) is 6.71. The first-order valence-electron chi connectivity index (χ1n) is 16.0. The first kappa shape index (κ1) is 30.0. The van der Waals surface area contributed by atoms with Crippen molar-refractivity contribution in [3.63, 3.8) is 0 Å². The van der Waals surface area contributed by atoms with Gasteiger partial charge in [0, 0.05) is 16.8 Å². The van der Waals surface area contributed by atoms with Gasteiger partial charge in [-0.2, -0.15) is 0 Å². The maximum atomic E-state index is 14.0. The Morgan fingerprint density at radius 2 is 1.61 bits per heavy atom. The Hall–Kier alpha value is -4.66. The molecule has 0 spiro atoms. The molecule has 3 N–H and O–H groups in total. The van der Waals surface area contributed by atoms with E-state index in [0.717, 1.165) is 50.9 Å². The number of nitrogens with zero attached hydrogens (tertiary/aromatic N) is 1. The third-order valence-corrected chi connectivity index (χ3v) is 9.78. The average Bonchev–Trinajstić information content (AvgIpc) is 3.30.